The molecule has 0 spiro atoms. The van der Waals surface area contributed by atoms with Crippen molar-refractivity contribution in [1.82, 2.24) is 5.32 Å². The summed E-state index contributed by atoms with van der Waals surface area (Å²) < 4.78 is 23.2. The summed E-state index contributed by atoms with van der Waals surface area (Å²) in [5, 5.41) is 3.22. The van der Waals surface area contributed by atoms with E-state index in [1.165, 1.54) is 12.1 Å². The summed E-state index contributed by atoms with van der Waals surface area (Å²) in [6, 6.07) is 4.81. The molecular weight excluding hydrogens is 209 g/mol. The van der Waals surface area contributed by atoms with Gasteiger partial charge in [0, 0.05) is 25.3 Å². The van der Waals surface area contributed by atoms with Crippen LogP contribution >= 0.6 is 0 Å². The summed E-state index contributed by atoms with van der Waals surface area (Å²) in [6.07, 6.45) is 0. The molecule has 0 heterocycles. The van der Waals surface area contributed by atoms with Crippen LogP contribution in [0.1, 0.15) is 19.4 Å². The molecule has 0 aliphatic carbocycles. The minimum Gasteiger partial charge on any atom is -0.467 e. The van der Waals surface area contributed by atoms with Crippen molar-refractivity contribution in [2.45, 2.75) is 26.4 Å². The summed E-state index contributed by atoms with van der Waals surface area (Å²) in [4.78, 5) is 0. The normalized spacial score (nSPS) is 10.8. The number of nitrogens with one attached hydrogen (secondary N) is 1. The van der Waals surface area contributed by atoms with Gasteiger partial charge in [-0.05, 0) is 18.2 Å². The molecule has 1 aromatic carbocycles. The van der Waals surface area contributed by atoms with Crippen molar-refractivity contribution in [3.63, 3.8) is 0 Å². The molecule has 1 N–H and O–H groups in total. The monoisotopic (exact) mass is 227 g/mol. The van der Waals surface area contributed by atoms with Gasteiger partial charge < -0.3 is 14.8 Å². The Bertz CT molecular complexity index is 329. The number of hydrogen-bond acceptors (Lipinski definition) is 3. The number of halogens is 1. The van der Waals surface area contributed by atoms with Crippen LogP contribution in [0, 0.1) is 5.82 Å². The zero-order chi connectivity index (χ0) is 12.0. The zero-order valence-electron chi connectivity index (χ0n) is 9.92. The highest BCUT2D eigenvalue weighted by atomic mass is 19.1. The van der Waals surface area contributed by atoms with E-state index in [9.17, 15) is 4.39 Å². The zero-order valence-corrected chi connectivity index (χ0v) is 9.92. The number of methoxy groups -OCH3 is 1. The first-order valence-electron chi connectivity index (χ1n) is 5.27. The molecule has 0 saturated carbocycles. The van der Waals surface area contributed by atoms with Gasteiger partial charge in [0.2, 0.25) is 0 Å². The average Bonchev–Trinajstić information content (AvgIpc) is 2.25. The standard InChI is InChI=1S/C12H18FNO2/c1-9(2)14-7-10-6-11(13)4-5-12(10)16-8-15-3/h4-6,9,14H,7-8H2,1-3H3. The molecule has 1 aromatic rings. The summed E-state index contributed by atoms with van der Waals surface area (Å²) >= 11 is 0. The van der Waals surface area contributed by atoms with Crippen molar-refractivity contribution < 1.29 is 13.9 Å². The first-order chi connectivity index (χ1) is 7.63. The molecule has 0 bridgehead atoms. The lowest BCUT2D eigenvalue weighted by molar-refractivity contribution is 0.0502. The lowest BCUT2D eigenvalue weighted by Gasteiger charge is -2.13. The SMILES string of the molecule is COCOc1ccc(F)cc1CNC(C)C. The number of benzene rings is 1. The minimum atomic E-state index is -0.259. The van der Waals surface area contributed by atoms with E-state index in [-0.39, 0.29) is 12.6 Å². The van der Waals surface area contributed by atoms with Crippen molar-refractivity contribution in [3.05, 3.63) is 29.6 Å². The highest BCUT2D eigenvalue weighted by molar-refractivity contribution is 5.33. The van der Waals surface area contributed by atoms with Crippen LogP contribution in [0.3, 0.4) is 0 Å². The third-order valence-corrected chi connectivity index (χ3v) is 2.06. The second-order valence-electron chi connectivity index (χ2n) is 3.84. The summed E-state index contributed by atoms with van der Waals surface area (Å²) in [5.41, 5.74) is 0.797. The molecule has 1 rings (SSSR count). The smallest absolute Gasteiger partial charge is 0.188 e. The largest absolute Gasteiger partial charge is 0.467 e. The van der Waals surface area contributed by atoms with Crippen molar-refractivity contribution >= 4 is 0 Å². The summed E-state index contributed by atoms with van der Waals surface area (Å²) in [5.74, 6) is 0.390. The maximum atomic E-state index is 13.1. The van der Waals surface area contributed by atoms with Gasteiger partial charge in [0.25, 0.3) is 0 Å². The molecule has 0 aliphatic rings. The first-order valence-corrected chi connectivity index (χ1v) is 5.27. The van der Waals surface area contributed by atoms with E-state index in [1.54, 1.807) is 13.2 Å². The fraction of sp³-hybridized carbons (Fsp3) is 0.500. The quantitative estimate of drug-likeness (QED) is 0.756. The fourth-order valence-corrected chi connectivity index (χ4v) is 1.26. The Balaban J connectivity index is 2.72. The maximum Gasteiger partial charge on any atom is 0.188 e. The first kappa shape index (κ1) is 12.9. The van der Waals surface area contributed by atoms with Crippen molar-refractivity contribution in [1.29, 1.82) is 0 Å². The van der Waals surface area contributed by atoms with Crippen LogP contribution in [0.2, 0.25) is 0 Å². The molecule has 0 aromatic heterocycles. The maximum absolute atomic E-state index is 13.1. The predicted octanol–water partition coefficient (Wildman–Crippen LogP) is 2.31. The molecule has 0 amide bonds. The van der Waals surface area contributed by atoms with Gasteiger partial charge in [0.05, 0.1) is 0 Å². The van der Waals surface area contributed by atoms with Crippen LogP contribution in [0.15, 0.2) is 18.2 Å². The Kier molecular flexibility index (Phi) is 5.22. The Morgan fingerprint density at radius 1 is 1.38 bits per heavy atom. The van der Waals surface area contributed by atoms with Crippen LogP contribution in [0.25, 0.3) is 0 Å². The minimum absolute atomic E-state index is 0.167. The lowest BCUT2D eigenvalue weighted by Crippen LogP contribution is -2.22. The molecule has 0 fully saturated rings. The molecule has 0 saturated heterocycles. The molecule has 0 unspecified atom stereocenters. The van der Waals surface area contributed by atoms with E-state index < -0.39 is 0 Å². The van der Waals surface area contributed by atoms with Crippen LogP contribution in [0.4, 0.5) is 4.39 Å². The van der Waals surface area contributed by atoms with E-state index in [0.717, 1.165) is 5.56 Å². The van der Waals surface area contributed by atoms with E-state index in [1.807, 2.05) is 13.8 Å². The van der Waals surface area contributed by atoms with E-state index in [2.05, 4.69) is 5.32 Å². The Morgan fingerprint density at radius 3 is 2.75 bits per heavy atom. The second-order valence-corrected chi connectivity index (χ2v) is 3.84. The van der Waals surface area contributed by atoms with Gasteiger partial charge in [-0.1, -0.05) is 13.8 Å². The topological polar surface area (TPSA) is 30.5 Å². The fourth-order valence-electron chi connectivity index (χ4n) is 1.26. The van der Waals surface area contributed by atoms with Gasteiger partial charge in [-0.25, -0.2) is 4.39 Å². The average molecular weight is 227 g/mol. The van der Waals surface area contributed by atoms with Crippen LogP contribution in [0.5, 0.6) is 5.75 Å². The third-order valence-electron chi connectivity index (χ3n) is 2.06. The van der Waals surface area contributed by atoms with Crippen molar-refractivity contribution in [2.24, 2.45) is 0 Å². The highest BCUT2D eigenvalue weighted by Gasteiger charge is 2.06. The van der Waals surface area contributed by atoms with Crippen molar-refractivity contribution in [2.75, 3.05) is 13.9 Å². The van der Waals surface area contributed by atoms with Gasteiger partial charge in [-0.2, -0.15) is 0 Å². The summed E-state index contributed by atoms with van der Waals surface area (Å²) in [7, 11) is 1.55. The Hall–Kier alpha value is -1.13. The van der Waals surface area contributed by atoms with E-state index in [0.29, 0.717) is 18.3 Å². The van der Waals surface area contributed by atoms with Gasteiger partial charge in [0.15, 0.2) is 6.79 Å². The molecule has 16 heavy (non-hydrogen) atoms. The van der Waals surface area contributed by atoms with Gasteiger partial charge >= 0.3 is 0 Å². The van der Waals surface area contributed by atoms with Crippen LogP contribution in [-0.2, 0) is 11.3 Å². The van der Waals surface area contributed by atoms with Gasteiger partial charge in [-0.15, -0.1) is 0 Å². The summed E-state index contributed by atoms with van der Waals surface area (Å²) in [6.45, 7) is 4.82. The molecule has 0 radical (unpaired) electrons. The second kappa shape index (κ2) is 6.45. The van der Waals surface area contributed by atoms with E-state index in [4.69, 9.17) is 9.47 Å². The molecule has 0 atom stereocenters. The third kappa shape index (κ3) is 4.16. The number of hydrogen-bond donors (Lipinski definition) is 1. The molecule has 0 aliphatic heterocycles. The predicted molar refractivity (Wildman–Crippen MR) is 60.9 cm³/mol. The molecule has 90 valence electrons. The van der Waals surface area contributed by atoms with E-state index >= 15 is 0 Å². The van der Waals surface area contributed by atoms with Gasteiger partial charge in [-0.3, -0.25) is 0 Å². The molecule has 3 nitrogen and oxygen atoms in total. The van der Waals surface area contributed by atoms with Crippen molar-refractivity contribution in [3.8, 4) is 5.75 Å². The number of rotatable bonds is 6. The molecular formula is C12H18FNO2. The van der Waals surface area contributed by atoms with Crippen LogP contribution in [-0.4, -0.2) is 19.9 Å². The highest BCUT2D eigenvalue weighted by Crippen LogP contribution is 2.19. The lowest BCUT2D eigenvalue weighted by atomic mass is 10.2. The Morgan fingerprint density at radius 2 is 2.12 bits per heavy atom. The number of ether oxygens (including phenoxy) is 2. The van der Waals surface area contributed by atoms with Gasteiger partial charge in [0.1, 0.15) is 11.6 Å². The van der Waals surface area contributed by atoms with Crippen LogP contribution < -0.4 is 10.1 Å². The Labute approximate surface area is 95.6 Å². The molecule has 4 heteroatoms.